The van der Waals surface area contributed by atoms with Gasteiger partial charge in [0.25, 0.3) is 5.69 Å². The van der Waals surface area contributed by atoms with Crippen molar-refractivity contribution in [2.24, 2.45) is 0 Å². The molecule has 0 saturated carbocycles. The molecule has 0 unspecified atom stereocenters. The van der Waals surface area contributed by atoms with Gasteiger partial charge in [-0.25, -0.2) is 18.1 Å². The average molecular weight is 282 g/mol. The van der Waals surface area contributed by atoms with E-state index in [0.717, 1.165) is 12.1 Å². The minimum Gasteiger partial charge on any atom is -0.347 e. The molecule has 2 rings (SSSR count). The first-order chi connectivity index (χ1) is 8.99. The van der Waals surface area contributed by atoms with Crippen LogP contribution in [0.25, 0.3) is 0 Å². The molecule has 0 aliphatic rings. The first-order valence-corrected chi connectivity index (χ1v) is 6.69. The van der Waals surface area contributed by atoms with Crippen LogP contribution in [0.15, 0.2) is 41.7 Å². The summed E-state index contributed by atoms with van der Waals surface area (Å²) in [5, 5.41) is 10.5. The van der Waals surface area contributed by atoms with E-state index < -0.39 is 14.9 Å². The highest BCUT2D eigenvalue weighted by Crippen LogP contribution is 2.15. The number of hydrogen-bond acceptors (Lipinski definition) is 5. The van der Waals surface area contributed by atoms with Crippen molar-refractivity contribution >= 4 is 15.7 Å². The van der Waals surface area contributed by atoms with E-state index in [1.54, 1.807) is 0 Å². The number of sulfonamides is 1. The second-order valence-corrected chi connectivity index (χ2v) is 5.42. The van der Waals surface area contributed by atoms with Crippen molar-refractivity contribution in [2.75, 3.05) is 0 Å². The smallest absolute Gasteiger partial charge is 0.269 e. The van der Waals surface area contributed by atoms with Crippen molar-refractivity contribution in [1.82, 2.24) is 14.7 Å². The normalized spacial score (nSPS) is 11.4. The molecule has 9 heteroatoms. The van der Waals surface area contributed by atoms with Gasteiger partial charge in [0.05, 0.1) is 22.7 Å². The van der Waals surface area contributed by atoms with Gasteiger partial charge in [-0.3, -0.25) is 10.1 Å². The minimum absolute atomic E-state index is 0.0300. The van der Waals surface area contributed by atoms with E-state index in [-0.39, 0.29) is 17.1 Å². The zero-order valence-electron chi connectivity index (χ0n) is 9.61. The fraction of sp³-hybridized carbons (Fsp3) is 0.100. The molecule has 0 aliphatic carbocycles. The molecule has 100 valence electrons. The molecule has 0 bridgehead atoms. The Hall–Kier alpha value is -2.26. The quantitative estimate of drug-likeness (QED) is 0.621. The Labute approximate surface area is 108 Å². The summed E-state index contributed by atoms with van der Waals surface area (Å²) in [5.74, 6) is 0. The number of imidazole rings is 1. The van der Waals surface area contributed by atoms with Gasteiger partial charge in [0, 0.05) is 24.0 Å². The minimum atomic E-state index is -3.70. The molecule has 2 aromatic rings. The number of benzene rings is 1. The maximum atomic E-state index is 11.9. The molecular formula is C10H10N4O4S. The van der Waals surface area contributed by atoms with Crippen LogP contribution in [0.3, 0.4) is 0 Å². The Morgan fingerprint density at radius 3 is 2.53 bits per heavy atom. The highest BCUT2D eigenvalue weighted by atomic mass is 32.2. The van der Waals surface area contributed by atoms with E-state index in [1.165, 1.54) is 24.7 Å². The van der Waals surface area contributed by atoms with Crippen LogP contribution in [0.1, 0.15) is 5.69 Å². The molecule has 0 radical (unpaired) electrons. The van der Waals surface area contributed by atoms with E-state index in [0.29, 0.717) is 5.69 Å². The predicted molar refractivity (Wildman–Crippen MR) is 65.7 cm³/mol. The molecule has 0 atom stereocenters. The van der Waals surface area contributed by atoms with Crippen molar-refractivity contribution in [2.45, 2.75) is 11.4 Å². The lowest BCUT2D eigenvalue weighted by molar-refractivity contribution is -0.384. The van der Waals surface area contributed by atoms with Crippen molar-refractivity contribution in [3.63, 3.8) is 0 Å². The molecule has 8 nitrogen and oxygen atoms in total. The average Bonchev–Trinajstić information content (AvgIpc) is 2.90. The van der Waals surface area contributed by atoms with Crippen LogP contribution >= 0.6 is 0 Å². The monoisotopic (exact) mass is 282 g/mol. The van der Waals surface area contributed by atoms with Crippen LogP contribution in [0.5, 0.6) is 0 Å². The number of rotatable bonds is 5. The number of aromatic amines is 1. The molecule has 1 aromatic heterocycles. The zero-order valence-corrected chi connectivity index (χ0v) is 10.4. The molecule has 0 aliphatic heterocycles. The van der Waals surface area contributed by atoms with Crippen LogP contribution in [-0.2, 0) is 16.6 Å². The Kier molecular flexibility index (Phi) is 3.58. The molecule has 0 spiro atoms. The summed E-state index contributed by atoms with van der Waals surface area (Å²) in [7, 11) is -3.70. The molecule has 1 heterocycles. The zero-order chi connectivity index (χ0) is 13.9. The predicted octanol–water partition coefficient (Wildman–Crippen LogP) is 0.796. The van der Waals surface area contributed by atoms with E-state index in [2.05, 4.69) is 14.7 Å². The van der Waals surface area contributed by atoms with Crippen LogP contribution < -0.4 is 4.72 Å². The van der Waals surface area contributed by atoms with E-state index in [4.69, 9.17) is 0 Å². The molecule has 19 heavy (non-hydrogen) atoms. The second-order valence-electron chi connectivity index (χ2n) is 3.65. The second kappa shape index (κ2) is 5.16. The van der Waals surface area contributed by atoms with E-state index >= 15 is 0 Å². The summed E-state index contributed by atoms with van der Waals surface area (Å²) in [6.45, 7) is 0.0688. The van der Waals surface area contributed by atoms with Crippen molar-refractivity contribution in [3.05, 3.63) is 52.6 Å². The van der Waals surface area contributed by atoms with Gasteiger partial charge in [0.15, 0.2) is 0 Å². The summed E-state index contributed by atoms with van der Waals surface area (Å²) in [6, 6.07) is 4.66. The van der Waals surface area contributed by atoms with Crippen LogP contribution in [0, 0.1) is 10.1 Å². The number of H-pyrrole nitrogens is 1. The lowest BCUT2D eigenvalue weighted by atomic mass is 10.3. The fourth-order valence-electron chi connectivity index (χ4n) is 1.38. The maximum absolute atomic E-state index is 11.9. The van der Waals surface area contributed by atoms with Gasteiger partial charge in [-0.1, -0.05) is 0 Å². The topological polar surface area (TPSA) is 118 Å². The van der Waals surface area contributed by atoms with Crippen molar-refractivity contribution in [1.29, 1.82) is 0 Å². The van der Waals surface area contributed by atoms with Crippen LogP contribution in [0.2, 0.25) is 0 Å². The third-order valence-corrected chi connectivity index (χ3v) is 3.78. The fourth-order valence-corrected chi connectivity index (χ4v) is 2.39. The Morgan fingerprint density at radius 1 is 1.32 bits per heavy atom. The van der Waals surface area contributed by atoms with E-state index in [9.17, 15) is 18.5 Å². The van der Waals surface area contributed by atoms with Crippen LogP contribution in [0.4, 0.5) is 5.69 Å². The number of aromatic nitrogens is 2. The van der Waals surface area contributed by atoms with Gasteiger partial charge in [-0.15, -0.1) is 0 Å². The molecule has 2 N–H and O–H groups in total. The highest BCUT2D eigenvalue weighted by molar-refractivity contribution is 7.89. The molecule has 1 aromatic carbocycles. The van der Waals surface area contributed by atoms with Gasteiger partial charge in [0.1, 0.15) is 0 Å². The summed E-state index contributed by atoms with van der Waals surface area (Å²) in [6.07, 6.45) is 2.94. The summed E-state index contributed by atoms with van der Waals surface area (Å²) in [4.78, 5) is 16.4. The third-order valence-electron chi connectivity index (χ3n) is 2.37. The number of nitro benzene ring substituents is 1. The number of nitrogens with zero attached hydrogens (tertiary/aromatic N) is 2. The number of nitro groups is 1. The Balaban J connectivity index is 2.13. The molecular weight excluding hydrogens is 272 g/mol. The van der Waals surface area contributed by atoms with Crippen LogP contribution in [-0.4, -0.2) is 23.3 Å². The first kappa shape index (κ1) is 13.2. The number of nitrogens with one attached hydrogen (secondary N) is 2. The molecule has 0 saturated heterocycles. The summed E-state index contributed by atoms with van der Waals surface area (Å²) < 4.78 is 26.1. The van der Waals surface area contributed by atoms with Gasteiger partial charge in [-0.05, 0) is 12.1 Å². The molecule has 0 fully saturated rings. The number of non-ortho nitro benzene ring substituents is 1. The largest absolute Gasteiger partial charge is 0.347 e. The molecule has 0 amide bonds. The Bertz CT molecular complexity index is 664. The van der Waals surface area contributed by atoms with Crippen molar-refractivity contribution in [3.8, 4) is 0 Å². The summed E-state index contributed by atoms with van der Waals surface area (Å²) in [5.41, 5.74) is 0.456. The van der Waals surface area contributed by atoms with Gasteiger partial charge >= 0.3 is 0 Å². The van der Waals surface area contributed by atoms with Gasteiger partial charge < -0.3 is 4.98 Å². The maximum Gasteiger partial charge on any atom is 0.269 e. The lowest BCUT2D eigenvalue weighted by Crippen LogP contribution is -2.23. The lowest BCUT2D eigenvalue weighted by Gasteiger charge is -2.05. The van der Waals surface area contributed by atoms with Gasteiger partial charge in [-0.2, -0.15) is 0 Å². The first-order valence-electron chi connectivity index (χ1n) is 5.20. The van der Waals surface area contributed by atoms with E-state index in [1.807, 2.05) is 0 Å². The number of hydrogen-bond donors (Lipinski definition) is 2. The van der Waals surface area contributed by atoms with Gasteiger partial charge in [0.2, 0.25) is 10.0 Å². The SMILES string of the molecule is O=[N+]([O-])c1ccc(S(=O)(=O)NCc2cnc[nH]2)cc1. The third kappa shape index (κ3) is 3.14. The van der Waals surface area contributed by atoms with Crippen molar-refractivity contribution < 1.29 is 13.3 Å². The Morgan fingerprint density at radius 2 is 2.00 bits per heavy atom. The standard InChI is InChI=1S/C10H10N4O4S/c15-14(16)9-1-3-10(4-2-9)19(17,18)13-6-8-5-11-7-12-8/h1-5,7,13H,6H2,(H,11,12). The summed E-state index contributed by atoms with van der Waals surface area (Å²) >= 11 is 0. The highest BCUT2D eigenvalue weighted by Gasteiger charge is 2.15.